The SMILES string of the molecule is CC(C(=O)c1cccc(Cl)c1)S(=O)c1ccc(F)cc1. The topological polar surface area (TPSA) is 34.1 Å². The minimum atomic E-state index is -1.53. The van der Waals surface area contributed by atoms with Crippen molar-refractivity contribution in [2.45, 2.75) is 17.1 Å². The maximum Gasteiger partial charge on any atom is 0.178 e. The van der Waals surface area contributed by atoms with Gasteiger partial charge in [0.15, 0.2) is 5.78 Å². The summed E-state index contributed by atoms with van der Waals surface area (Å²) >= 11 is 5.84. The summed E-state index contributed by atoms with van der Waals surface area (Å²) in [5.74, 6) is -0.658. The predicted octanol–water partition coefficient (Wildman–Crippen LogP) is 3.86. The Morgan fingerprint density at radius 2 is 1.85 bits per heavy atom. The fourth-order valence-corrected chi connectivity index (χ4v) is 3.08. The van der Waals surface area contributed by atoms with E-state index in [9.17, 15) is 13.4 Å². The molecule has 0 fully saturated rings. The normalized spacial score (nSPS) is 13.8. The summed E-state index contributed by atoms with van der Waals surface area (Å²) in [6.07, 6.45) is 0. The van der Waals surface area contributed by atoms with Gasteiger partial charge >= 0.3 is 0 Å². The van der Waals surface area contributed by atoms with Crippen LogP contribution in [0, 0.1) is 5.82 Å². The first kappa shape index (κ1) is 14.9. The second-order valence-electron chi connectivity index (χ2n) is 4.27. The summed E-state index contributed by atoms with van der Waals surface area (Å²) in [6.45, 7) is 1.59. The molecule has 5 heteroatoms. The molecule has 0 bridgehead atoms. The van der Waals surface area contributed by atoms with Gasteiger partial charge in [0.05, 0.1) is 16.0 Å². The van der Waals surface area contributed by atoms with Gasteiger partial charge < -0.3 is 0 Å². The van der Waals surface area contributed by atoms with Crippen molar-refractivity contribution in [2.24, 2.45) is 0 Å². The Balaban J connectivity index is 2.22. The van der Waals surface area contributed by atoms with Crippen LogP contribution in [-0.4, -0.2) is 15.2 Å². The van der Waals surface area contributed by atoms with E-state index < -0.39 is 21.9 Å². The fraction of sp³-hybridized carbons (Fsp3) is 0.133. The van der Waals surface area contributed by atoms with Gasteiger partial charge in [-0.1, -0.05) is 23.7 Å². The predicted molar refractivity (Wildman–Crippen MR) is 78.1 cm³/mol. The van der Waals surface area contributed by atoms with Crippen molar-refractivity contribution in [3.8, 4) is 0 Å². The molecule has 0 spiro atoms. The first-order chi connectivity index (χ1) is 9.49. The van der Waals surface area contributed by atoms with Crippen LogP contribution in [0.2, 0.25) is 5.02 Å². The number of carbonyl (C=O) groups excluding carboxylic acids is 1. The van der Waals surface area contributed by atoms with Gasteiger partial charge in [-0.25, -0.2) is 4.39 Å². The van der Waals surface area contributed by atoms with Crippen LogP contribution in [0.25, 0.3) is 0 Å². The van der Waals surface area contributed by atoms with E-state index in [4.69, 9.17) is 11.6 Å². The summed E-state index contributed by atoms with van der Waals surface area (Å²) < 4.78 is 25.1. The van der Waals surface area contributed by atoms with Crippen molar-refractivity contribution in [3.63, 3.8) is 0 Å². The van der Waals surface area contributed by atoms with Gasteiger partial charge in [0, 0.05) is 15.5 Å². The zero-order valence-corrected chi connectivity index (χ0v) is 12.2. The highest BCUT2D eigenvalue weighted by Gasteiger charge is 2.22. The molecule has 0 aromatic heterocycles. The van der Waals surface area contributed by atoms with Gasteiger partial charge in [-0.3, -0.25) is 9.00 Å². The lowest BCUT2D eigenvalue weighted by molar-refractivity contribution is 0.0992. The standard InChI is InChI=1S/C15H12ClFO2S/c1-10(15(18)11-3-2-4-12(16)9-11)20(19)14-7-5-13(17)6-8-14/h2-10H,1H3. The molecule has 2 unspecified atom stereocenters. The van der Waals surface area contributed by atoms with Gasteiger partial charge in [-0.05, 0) is 43.3 Å². The molecule has 2 aromatic carbocycles. The van der Waals surface area contributed by atoms with Crippen LogP contribution in [0.4, 0.5) is 4.39 Å². The monoisotopic (exact) mass is 310 g/mol. The van der Waals surface area contributed by atoms with Crippen LogP contribution in [0.1, 0.15) is 17.3 Å². The van der Waals surface area contributed by atoms with E-state index >= 15 is 0 Å². The van der Waals surface area contributed by atoms with E-state index in [2.05, 4.69) is 0 Å². The minimum absolute atomic E-state index is 0.254. The van der Waals surface area contributed by atoms with Crippen molar-refractivity contribution < 1.29 is 13.4 Å². The molecule has 0 aliphatic carbocycles. The molecule has 2 rings (SSSR count). The molecule has 0 aliphatic heterocycles. The van der Waals surface area contributed by atoms with Crippen LogP contribution < -0.4 is 0 Å². The molecule has 0 amide bonds. The molecule has 0 aliphatic rings. The van der Waals surface area contributed by atoms with Gasteiger partial charge in [-0.15, -0.1) is 0 Å². The largest absolute Gasteiger partial charge is 0.293 e. The van der Waals surface area contributed by atoms with Crippen molar-refractivity contribution in [2.75, 3.05) is 0 Å². The zero-order valence-electron chi connectivity index (χ0n) is 10.7. The molecular formula is C15H12ClFO2S. The molecule has 0 N–H and O–H groups in total. The first-order valence-corrected chi connectivity index (χ1v) is 7.54. The quantitative estimate of drug-likeness (QED) is 0.804. The molecule has 2 nitrogen and oxygen atoms in total. The molecule has 2 atom stereocenters. The highest BCUT2D eigenvalue weighted by Crippen LogP contribution is 2.18. The molecular weight excluding hydrogens is 299 g/mol. The molecule has 0 saturated heterocycles. The second-order valence-corrected chi connectivity index (χ2v) is 6.48. The Morgan fingerprint density at radius 1 is 1.20 bits per heavy atom. The number of hydrogen-bond donors (Lipinski definition) is 0. The van der Waals surface area contributed by atoms with Gasteiger partial charge in [0.1, 0.15) is 5.82 Å². The fourth-order valence-electron chi connectivity index (χ4n) is 1.75. The van der Waals surface area contributed by atoms with Crippen molar-refractivity contribution in [1.82, 2.24) is 0 Å². The first-order valence-electron chi connectivity index (χ1n) is 5.95. The lowest BCUT2D eigenvalue weighted by Crippen LogP contribution is -2.22. The summed E-state index contributed by atoms with van der Waals surface area (Å²) in [4.78, 5) is 12.7. The molecule has 2 aromatic rings. The Labute approximate surface area is 124 Å². The third kappa shape index (κ3) is 3.32. The van der Waals surface area contributed by atoms with Gasteiger partial charge in [-0.2, -0.15) is 0 Å². The lowest BCUT2D eigenvalue weighted by atomic mass is 10.1. The van der Waals surface area contributed by atoms with E-state index in [0.717, 1.165) is 0 Å². The zero-order chi connectivity index (χ0) is 14.7. The molecule has 0 radical (unpaired) electrons. The Morgan fingerprint density at radius 3 is 2.45 bits per heavy atom. The summed E-state index contributed by atoms with van der Waals surface area (Å²) in [7, 11) is -1.53. The number of hydrogen-bond acceptors (Lipinski definition) is 2. The van der Waals surface area contributed by atoms with Crippen molar-refractivity contribution in [1.29, 1.82) is 0 Å². The van der Waals surface area contributed by atoms with Crippen molar-refractivity contribution in [3.05, 3.63) is 64.9 Å². The molecule has 0 saturated carbocycles. The van der Waals surface area contributed by atoms with E-state index in [1.807, 2.05) is 0 Å². The van der Waals surface area contributed by atoms with Crippen molar-refractivity contribution >= 4 is 28.2 Å². The Hall–Kier alpha value is -1.52. The number of carbonyl (C=O) groups is 1. The smallest absolute Gasteiger partial charge is 0.178 e. The van der Waals surface area contributed by atoms with Gasteiger partial charge in [0.2, 0.25) is 0 Å². The maximum atomic E-state index is 12.8. The number of benzene rings is 2. The molecule has 0 heterocycles. The Kier molecular flexibility index (Phi) is 4.68. The lowest BCUT2D eigenvalue weighted by Gasteiger charge is -2.11. The summed E-state index contributed by atoms with van der Waals surface area (Å²) in [6, 6.07) is 11.8. The Bertz CT molecular complexity index is 655. The molecule has 104 valence electrons. The average molecular weight is 311 g/mol. The van der Waals surface area contributed by atoms with Crippen LogP contribution in [0.5, 0.6) is 0 Å². The number of Topliss-reactive ketones (excluding diaryl/α,β-unsaturated/α-hetero) is 1. The molecule has 20 heavy (non-hydrogen) atoms. The number of halogens is 2. The summed E-state index contributed by atoms with van der Waals surface area (Å²) in [5.41, 5.74) is 0.417. The highest BCUT2D eigenvalue weighted by atomic mass is 35.5. The van der Waals surface area contributed by atoms with Crippen LogP contribution in [0.3, 0.4) is 0 Å². The number of ketones is 1. The summed E-state index contributed by atoms with van der Waals surface area (Å²) in [5, 5.41) is -0.269. The van der Waals surface area contributed by atoms with E-state index in [-0.39, 0.29) is 5.78 Å². The van der Waals surface area contributed by atoms with Crippen LogP contribution in [0.15, 0.2) is 53.4 Å². The highest BCUT2D eigenvalue weighted by molar-refractivity contribution is 7.86. The minimum Gasteiger partial charge on any atom is -0.293 e. The third-order valence-electron chi connectivity index (χ3n) is 2.85. The third-order valence-corrected chi connectivity index (χ3v) is 4.67. The van der Waals surface area contributed by atoms with E-state index in [1.54, 1.807) is 31.2 Å². The average Bonchev–Trinajstić information content (AvgIpc) is 2.46. The van der Waals surface area contributed by atoms with Gasteiger partial charge in [0.25, 0.3) is 0 Å². The second kappa shape index (κ2) is 6.29. The number of rotatable bonds is 4. The van der Waals surface area contributed by atoms with E-state index in [0.29, 0.717) is 15.5 Å². The maximum absolute atomic E-state index is 12.8. The van der Waals surface area contributed by atoms with Crippen LogP contribution in [-0.2, 0) is 10.8 Å². The van der Waals surface area contributed by atoms with Crippen LogP contribution >= 0.6 is 11.6 Å². The van der Waals surface area contributed by atoms with E-state index in [1.165, 1.54) is 24.3 Å².